The number of fused-ring (bicyclic) bond motifs is 1. The van der Waals surface area contributed by atoms with E-state index in [0.717, 1.165) is 63.0 Å². The molecule has 172 valence electrons. The normalized spacial score (nSPS) is 18.5. The van der Waals surface area contributed by atoms with Crippen LogP contribution >= 0.6 is 0 Å². The van der Waals surface area contributed by atoms with Gasteiger partial charge >= 0.3 is 5.97 Å². The van der Waals surface area contributed by atoms with Gasteiger partial charge in [-0.2, -0.15) is 0 Å². The largest absolute Gasteiger partial charge is 0.480 e. The molecule has 0 spiro atoms. The van der Waals surface area contributed by atoms with Crippen molar-refractivity contribution in [2.75, 3.05) is 25.1 Å². The van der Waals surface area contributed by atoms with E-state index in [-0.39, 0.29) is 5.91 Å². The lowest BCUT2D eigenvalue weighted by molar-refractivity contribution is -0.145. The highest BCUT2D eigenvalue weighted by Gasteiger charge is 2.37. The Bertz CT molecular complexity index is 746. The van der Waals surface area contributed by atoms with Gasteiger partial charge in [0.1, 0.15) is 11.9 Å². The maximum Gasteiger partial charge on any atom is 0.326 e. The maximum absolute atomic E-state index is 12.6. The lowest BCUT2D eigenvalue weighted by atomic mass is 9.81. The Morgan fingerprint density at radius 1 is 1.19 bits per heavy atom. The number of carboxylic acids is 1. The second-order valence-electron chi connectivity index (χ2n) is 9.18. The molecule has 2 aliphatic rings. The molecule has 0 aromatic carbocycles. The first-order chi connectivity index (χ1) is 15.0. The van der Waals surface area contributed by atoms with E-state index < -0.39 is 17.4 Å². The Morgan fingerprint density at radius 3 is 2.71 bits per heavy atom. The van der Waals surface area contributed by atoms with Gasteiger partial charge in [0.05, 0.1) is 5.41 Å². The molecular weight excluding hydrogens is 394 g/mol. The molecular formula is C24H37N3O4. The zero-order valence-corrected chi connectivity index (χ0v) is 18.8. The molecule has 31 heavy (non-hydrogen) atoms. The minimum Gasteiger partial charge on any atom is -0.480 e. The van der Waals surface area contributed by atoms with E-state index in [4.69, 9.17) is 9.72 Å². The SMILES string of the molecule is CC1(C(=O)N[C@H](CCCCCCCc2ccc3c(n2)NCCC3)C(=O)O)CCOCC1. The lowest BCUT2D eigenvalue weighted by Gasteiger charge is -2.33. The van der Waals surface area contributed by atoms with Crippen LogP contribution in [0.1, 0.15) is 76.0 Å². The third-order valence-corrected chi connectivity index (χ3v) is 6.63. The van der Waals surface area contributed by atoms with Crippen LogP contribution in [0.2, 0.25) is 0 Å². The van der Waals surface area contributed by atoms with Crippen LogP contribution in [0.4, 0.5) is 5.82 Å². The van der Waals surface area contributed by atoms with Gasteiger partial charge in [0, 0.05) is 25.5 Å². The number of aromatic nitrogens is 1. The average Bonchev–Trinajstić information content (AvgIpc) is 2.77. The van der Waals surface area contributed by atoms with Crippen molar-refractivity contribution in [1.29, 1.82) is 0 Å². The number of carboxylic acid groups (broad SMARTS) is 1. The Labute approximate surface area is 185 Å². The molecule has 7 nitrogen and oxygen atoms in total. The molecule has 0 unspecified atom stereocenters. The van der Waals surface area contributed by atoms with Crippen molar-refractivity contribution in [3.63, 3.8) is 0 Å². The summed E-state index contributed by atoms with van der Waals surface area (Å²) in [5.41, 5.74) is 1.94. The van der Waals surface area contributed by atoms with E-state index in [9.17, 15) is 14.7 Å². The number of ether oxygens (including phenoxy) is 1. The third kappa shape index (κ3) is 6.92. The topological polar surface area (TPSA) is 101 Å². The molecule has 3 N–H and O–H groups in total. The predicted octanol–water partition coefficient (Wildman–Crippen LogP) is 3.71. The number of rotatable bonds is 11. The van der Waals surface area contributed by atoms with Crippen molar-refractivity contribution >= 4 is 17.7 Å². The van der Waals surface area contributed by atoms with Crippen LogP contribution in [0.25, 0.3) is 0 Å². The number of unbranched alkanes of at least 4 members (excludes halogenated alkanes) is 4. The van der Waals surface area contributed by atoms with Gasteiger partial charge in [0.2, 0.25) is 5.91 Å². The van der Waals surface area contributed by atoms with Crippen LogP contribution in [-0.2, 0) is 27.2 Å². The standard InChI is InChI=1S/C24H37N3O4/c1-24(13-16-31-17-14-24)23(30)27-20(22(28)29)10-6-4-2-3-5-9-19-12-11-18-8-7-15-25-21(18)26-19/h11-12,20H,2-10,13-17H2,1H3,(H,25,26)(H,27,30)(H,28,29)/t20-/m1/s1. The highest BCUT2D eigenvalue weighted by Crippen LogP contribution is 2.30. The molecule has 1 aromatic rings. The van der Waals surface area contributed by atoms with E-state index in [0.29, 0.717) is 32.5 Å². The van der Waals surface area contributed by atoms with Gasteiger partial charge in [-0.1, -0.05) is 38.7 Å². The Kier molecular flexibility index (Phi) is 8.69. The maximum atomic E-state index is 12.6. The number of hydrogen-bond acceptors (Lipinski definition) is 5. The summed E-state index contributed by atoms with van der Waals surface area (Å²) in [5, 5.41) is 15.7. The number of anilines is 1. The van der Waals surface area contributed by atoms with E-state index in [2.05, 4.69) is 22.8 Å². The molecule has 3 rings (SSSR count). The van der Waals surface area contributed by atoms with Crippen LogP contribution in [0, 0.1) is 5.41 Å². The zero-order valence-electron chi connectivity index (χ0n) is 18.8. The van der Waals surface area contributed by atoms with Gasteiger partial charge in [0.15, 0.2) is 0 Å². The zero-order chi connectivity index (χ0) is 22.1. The number of carbonyl (C=O) groups is 2. The number of carbonyl (C=O) groups excluding carboxylic acids is 1. The third-order valence-electron chi connectivity index (χ3n) is 6.63. The van der Waals surface area contributed by atoms with Gasteiger partial charge in [-0.05, 0) is 56.6 Å². The number of nitrogens with one attached hydrogen (secondary N) is 2. The van der Waals surface area contributed by atoms with Crippen molar-refractivity contribution in [2.24, 2.45) is 5.41 Å². The lowest BCUT2D eigenvalue weighted by Crippen LogP contribution is -2.49. The van der Waals surface area contributed by atoms with Crippen molar-refractivity contribution < 1.29 is 19.4 Å². The number of pyridine rings is 1. The van der Waals surface area contributed by atoms with Gasteiger partial charge in [-0.15, -0.1) is 0 Å². The molecule has 0 radical (unpaired) electrons. The molecule has 1 atom stereocenters. The van der Waals surface area contributed by atoms with Crippen LogP contribution in [0.5, 0.6) is 0 Å². The van der Waals surface area contributed by atoms with Crippen LogP contribution in [-0.4, -0.2) is 47.8 Å². The average molecular weight is 432 g/mol. The first kappa shape index (κ1) is 23.5. The molecule has 3 heterocycles. The fraction of sp³-hybridized carbons (Fsp3) is 0.708. The van der Waals surface area contributed by atoms with Crippen molar-refractivity contribution in [3.8, 4) is 0 Å². The number of hydrogen-bond donors (Lipinski definition) is 3. The Balaban J connectivity index is 1.31. The quantitative estimate of drug-likeness (QED) is 0.462. The number of aliphatic carboxylic acids is 1. The first-order valence-corrected chi connectivity index (χ1v) is 11.8. The highest BCUT2D eigenvalue weighted by molar-refractivity contribution is 5.87. The molecule has 0 bridgehead atoms. The van der Waals surface area contributed by atoms with E-state index >= 15 is 0 Å². The van der Waals surface area contributed by atoms with Crippen molar-refractivity contribution in [3.05, 3.63) is 23.4 Å². The summed E-state index contributed by atoms with van der Waals surface area (Å²) < 4.78 is 5.33. The fourth-order valence-corrected chi connectivity index (χ4v) is 4.33. The summed E-state index contributed by atoms with van der Waals surface area (Å²) in [4.78, 5) is 28.9. The summed E-state index contributed by atoms with van der Waals surface area (Å²) in [6.45, 7) is 4.02. The second kappa shape index (κ2) is 11.5. The summed E-state index contributed by atoms with van der Waals surface area (Å²) in [7, 11) is 0. The van der Waals surface area contributed by atoms with Crippen LogP contribution < -0.4 is 10.6 Å². The van der Waals surface area contributed by atoms with E-state index in [1.165, 1.54) is 12.0 Å². The molecule has 1 fully saturated rings. The van der Waals surface area contributed by atoms with E-state index in [1.807, 2.05) is 6.92 Å². The van der Waals surface area contributed by atoms with Gasteiger partial charge in [-0.25, -0.2) is 9.78 Å². The number of aryl methyl sites for hydroxylation is 2. The minimum absolute atomic E-state index is 0.157. The monoisotopic (exact) mass is 431 g/mol. The Morgan fingerprint density at radius 2 is 1.94 bits per heavy atom. The molecule has 1 amide bonds. The molecule has 7 heteroatoms. The van der Waals surface area contributed by atoms with Crippen molar-refractivity contribution in [1.82, 2.24) is 10.3 Å². The summed E-state index contributed by atoms with van der Waals surface area (Å²) in [5.74, 6) is -0.0496. The van der Waals surface area contributed by atoms with Gasteiger partial charge in [-0.3, -0.25) is 4.79 Å². The molecule has 1 saturated heterocycles. The Hall–Kier alpha value is -2.15. The molecule has 0 saturated carbocycles. The molecule has 0 aliphatic carbocycles. The highest BCUT2D eigenvalue weighted by atomic mass is 16.5. The first-order valence-electron chi connectivity index (χ1n) is 11.8. The molecule has 2 aliphatic heterocycles. The number of nitrogens with zero attached hydrogens (tertiary/aromatic N) is 1. The van der Waals surface area contributed by atoms with Gasteiger partial charge in [0.25, 0.3) is 0 Å². The van der Waals surface area contributed by atoms with Crippen LogP contribution in [0.15, 0.2) is 12.1 Å². The smallest absolute Gasteiger partial charge is 0.326 e. The summed E-state index contributed by atoms with van der Waals surface area (Å²) in [6.07, 6.45) is 10.1. The second-order valence-corrected chi connectivity index (χ2v) is 9.18. The fourth-order valence-electron chi connectivity index (χ4n) is 4.33. The van der Waals surface area contributed by atoms with Gasteiger partial charge < -0.3 is 20.5 Å². The minimum atomic E-state index is -0.948. The van der Waals surface area contributed by atoms with Crippen LogP contribution in [0.3, 0.4) is 0 Å². The van der Waals surface area contributed by atoms with Crippen molar-refractivity contribution in [2.45, 2.75) is 83.6 Å². The molecule has 1 aromatic heterocycles. The van der Waals surface area contributed by atoms with E-state index in [1.54, 1.807) is 0 Å². The predicted molar refractivity (Wildman–Crippen MR) is 120 cm³/mol. The number of amides is 1. The summed E-state index contributed by atoms with van der Waals surface area (Å²) >= 11 is 0. The summed E-state index contributed by atoms with van der Waals surface area (Å²) in [6, 6.07) is 3.54.